The number of thioether (sulfide) groups is 1. The number of esters is 1. The van der Waals surface area contributed by atoms with Crippen LogP contribution >= 0.6 is 11.8 Å². The smallest absolute Gasteiger partial charge is 0.340 e. The Bertz CT molecular complexity index is 509. The predicted octanol–water partition coefficient (Wildman–Crippen LogP) is 3.94. The minimum Gasteiger partial charge on any atom is -0.465 e. The molecule has 1 heterocycles. The first-order valence-electron chi connectivity index (χ1n) is 7.32. The van der Waals surface area contributed by atoms with E-state index in [1.54, 1.807) is 0 Å². The van der Waals surface area contributed by atoms with Gasteiger partial charge in [-0.3, -0.25) is 0 Å². The number of rotatable bonds is 1. The van der Waals surface area contributed by atoms with E-state index in [0.717, 1.165) is 18.0 Å². The van der Waals surface area contributed by atoms with E-state index in [9.17, 15) is 4.79 Å². The molecule has 3 nitrogen and oxygen atoms in total. The van der Waals surface area contributed by atoms with Crippen LogP contribution in [0.4, 0.5) is 5.69 Å². The van der Waals surface area contributed by atoms with E-state index < -0.39 is 0 Å². The van der Waals surface area contributed by atoms with Crippen molar-refractivity contribution in [2.45, 2.75) is 37.0 Å². The monoisotopic (exact) mass is 291 g/mol. The molecule has 0 atom stereocenters. The average Bonchev–Trinajstić information content (AvgIpc) is 2.68. The minimum absolute atomic E-state index is 0.255. The molecular weight excluding hydrogens is 270 g/mol. The third-order valence-corrected chi connectivity index (χ3v) is 5.93. The van der Waals surface area contributed by atoms with Crippen molar-refractivity contribution in [2.75, 3.05) is 24.7 Å². The number of hydrogen-bond donors (Lipinski definition) is 1. The second-order valence-corrected chi connectivity index (χ2v) is 6.89. The SMILES string of the molecule is COC(=O)c1cccc2c1NCC1(CCCCC1)CS2. The van der Waals surface area contributed by atoms with Gasteiger partial charge in [-0.05, 0) is 30.4 Å². The molecular formula is C16H21NO2S. The maximum absolute atomic E-state index is 11.9. The van der Waals surface area contributed by atoms with Crippen LogP contribution < -0.4 is 5.32 Å². The van der Waals surface area contributed by atoms with Gasteiger partial charge in [0.2, 0.25) is 0 Å². The highest BCUT2D eigenvalue weighted by Crippen LogP contribution is 2.45. The van der Waals surface area contributed by atoms with Gasteiger partial charge in [0.15, 0.2) is 0 Å². The zero-order valence-corrected chi connectivity index (χ0v) is 12.7. The average molecular weight is 291 g/mol. The van der Waals surface area contributed by atoms with Crippen LogP contribution in [0.25, 0.3) is 0 Å². The molecule has 1 aliphatic carbocycles. The van der Waals surface area contributed by atoms with Gasteiger partial charge in [0.05, 0.1) is 18.4 Å². The van der Waals surface area contributed by atoms with Gasteiger partial charge in [-0.2, -0.15) is 0 Å². The summed E-state index contributed by atoms with van der Waals surface area (Å²) in [4.78, 5) is 13.1. The number of benzene rings is 1. The van der Waals surface area contributed by atoms with Crippen molar-refractivity contribution in [1.82, 2.24) is 0 Å². The summed E-state index contributed by atoms with van der Waals surface area (Å²) in [5, 5.41) is 3.55. The summed E-state index contributed by atoms with van der Waals surface area (Å²) in [6, 6.07) is 5.89. The normalized spacial score (nSPS) is 20.6. The molecule has 2 aliphatic rings. The first kappa shape index (κ1) is 13.8. The van der Waals surface area contributed by atoms with E-state index in [1.807, 2.05) is 23.9 Å². The zero-order valence-electron chi connectivity index (χ0n) is 11.9. The Labute approximate surface area is 124 Å². The summed E-state index contributed by atoms with van der Waals surface area (Å²) in [6.45, 7) is 0.973. The summed E-state index contributed by atoms with van der Waals surface area (Å²) < 4.78 is 4.89. The fraction of sp³-hybridized carbons (Fsp3) is 0.562. The van der Waals surface area contributed by atoms with Crippen molar-refractivity contribution in [3.05, 3.63) is 23.8 Å². The molecule has 1 fully saturated rings. The minimum atomic E-state index is -0.255. The number of fused-ring (bicyclic) bond motifs is 1. The molecule has 3 rings (SSSR count). The van der Waals surface area contributed by atoms with Gasteiger partial charge in [0.1, 0.15) is 0 Å². The van der Waals surface area contributed by atoms with E-state index in [0.29, 0.717) is 11.0 Å². The molecule has 20 heavy (non-hydrogen) atoms. The molecule has 1 spiro atoms. The fourth-order valence-electron chi connectivity index (χ4n) is 3.29. The number of hydrogen-bond acceptors (Lipinski definition) is 4. The van der Waals surface area contributed by atoms with E-state index in [1.165, 1.54) is 44.1 Å². The highest BCUT2D eigenvalue weighted by Gasteiger charge is 2.35. The third kappa shape index (κ3) is 2.53. The summed E-state index contributed by atoms with van der Waals surface area (Å²) in [5.41, 5.74) is 2.02. The largest absolute Gasteiger partial charge is 0.465 e. The van der Waals surface area contributed by atoms with Gasteiger partial charge in [-0.25, -0.2) is 4.79 Å². The lowest BCUT2D eigenvalue weighted by Crippen LogP contribution is -2.33. The molecule has 0 unspecified atom stereocenters. The van der Waals surface area contributed by atoms with Gasteiger partial charge in [-0.1, -0.05) is 25.3 Å². The van der Waals surface area contributed by atoms with Gasteiger partial charge in [0, 0.05) is 17.2 Å². The Kier molecular flexibility index (Phi) is 3.92. The molecule has 0 amide bonds. The molecule has 0 bridgehead atoms. The van der Waals surface area contributed by atoms with E-state index in [2.05, 4.69) is 11.4 Å². The Morgan fingerprint density at radius 3 is 2.85 bits per heavy atom. The number of anilines is 1. The van der Waals surface area contributed by atoms with Crippen molar-refractivity contribution < 1.29 is 9.53 Å². The Morgan fingerprint density at radius 2 is 2.10 bits per heavy atom. The van der Waals surface area contributed by atoms with Crippen molar-refractivity contribution in [2.24, 2.45) is 5.41 Å². The summed E-state index contributed by atoms with van der Waals surface area (Å²) in [7, 11) is 1.44. The maximum Gasteiger partial charge on any atom is 0.340 e. The van der Waals surface area contributed by atoms with E-state index in [4.69, 9.17) is 4.74 Å². The predicted molar refractivity (Wildman–Crippen MR) is 82.5 cm³/mol. The number of ether oxygens (including phenoxy) is 1. The Hall–Kier alpha value is -1.16. The van der Waals surface area contributed by atoms with Crippen LogP contribution in [0, 0.1) is 5.41 Å². The number of para-hydroxylation sites is 1. The van der Waals surface area contributed by atoms with Gasteiger partial charge in [0.25, 0.3) is 0 Å². The Morgan fingerprint density at radius 1 is 1.30 bits per heavy atom. The van der Waals surface area contributed by atoms with E-state index >= 15 is 0 Å². The highest BCUT2D eigenvalue weighted by atomic mass is 32.2. The second-order valence-electron chi connectivity index (χ2n) is 5.87. The second kappa shape index (κ2) is 5.68. The highest BCUT2D eigenvalue weighted by molar-refractivity contribution is 7.99. The lowest BCUT2D eigenvalue weighted by atomic mass is 9.75. The molecule has 0 aromatic heterocycles. The lowest BCUT2D eigenvalue weighted by molar-refractivity contribution is 0.0601. The van der Waals surface area contributed by atoms with Crippen LogP contribution in [-0.2, 0) is 4.74 Å². The van der Waals surface area contributed by atoms with Crippen molar-refractivity contribution in [1.29, 1.82) is 0 Å². The van der Waals surface area contributed by atoms with E-state index in [-0.39, 0.29) is 5.97 Å². The molecule has 1 aromatic rings. The summed E-state index contributed by atoms with van der Waals surface area (Å²) in [6.07, 6.45) is 6.64. The zero-order chi connectivity index (χ0) is 14.0. The molecule has 108 valence electrons. The van der Waals surface area contributed by atoms with Gasteiger partial charge >= 0.3 is 5.97 Å². The molecule has 0 radical (unpaired) electrons. The van der Waals surface area contributed by atoms with Crippen LogP contribution in [0.1, 0.15) is 42.5 Å². The van der Waals surface area contributed by atoms with Crippen molar-refractivity contribution in [3.8, 4) is 0 Å². The molecule has 4 heteroatoms. The van der Waals surface area contributed by atoms with Gasteiger partial charge in [-0.15, -0.1) is 11.8 Å². The van der Waals surface area contributed by atoms with Crippen LogP contribution in [0.2, 0.25) is 0 Å². The summed E-state index contributed by atoms with van der Waals surface area (Å²) >= 11 is 1.89. The topological polar surface area (TPSA) is 38.3 Å². The van der Waals surface area contributed by atoms with Crippen LogP contribution in [0.3, 0.4) is 0 Å². The molecule has 1 aliphatic heterocycles. The first-order chi connectivity index (χ1) is 9.74. The number of carbonyl (C=O) groups is 1. The summed E-state index contributed by atoms with van der Waals surface area (Å²) in [5.74, 6) is 0.895. The lowest BCUT2D eigenvalue weighted by Gasteiger charge is -2.36. The van der Waals surface area contributed by atoms with Crippen molar-refractivity contribution in [3.63, 3.8) is 0 Å². The Balaban J connectivity index is 1.88. The quantitative estimate of drug-likeness (QED) is 0.795. The standard InChI is InChI=1S/C16H21NO2S/c1-19-15(18)12-6-5-7-13-14(12)17-10-16(11-20-13)8-3-2-4-9-16/h5-7,17H,2-4,8-11H2,1H3. The van der Waals surface area contributed by atoms with Crippen LogP contribution in [-0.4, -0.2) is 25.4 Å². The van der Waals surface area contributed by atoms with Gasteiger partial charge < -0.3 is 10.1 Å². The number of carbonyl (C=O) groups excluding carboxylic acids is 1. The first-order valence-corrected chi connectivity index (χ1v) is 8.31. The molecule has 1 aromatic carbocycles. The van der Waals surface area contributed by atoms with Crippen molar-refractivity contribution >= 4 is 23.4 Å². The maximum atomic E-state index is 11.9. The molecule has 0 saturated heterocycles. The number of methoxy groups -OCH3 is 1. The number of nitrogens with one attached hydrogen (secondary N) is 1. The molecule has 1 saturated carbocycles. The van der Waals surface area contributed by atoms with Crippen LogP contribution in [0.5, 0.6) is 0 Å². The van der Waals surface area contributed by atoms with Crippen LogP contribution in [0.15, 0.2) is 23.1 Å². The molecule has 1 N–H and O–H groups in total. The third-order valence-electron chi connectivity index (χ3n) is 4.52. The fourth-order valence-corrected chi connectivity index (χ4v) is 4.65.